The van der Waals surface area contributed by atoms with E-state index in [2.05, 4.69) is 27.7 Å². The SMILES string of the molecule is CCCCCCCCCCCCCCCCC[N+](CCCCCCCCCCCCCCCC)(CCCCCCCCCCCCCCCCC)CCCCCCCCCCCCCCCCC. The van der Waals surface area contributed by atoms with Crippen molar-refractivity contribution in [3.05, 3.63) is 0 Å². The summed E-state index contributed by atoms with van der Waals surface area (Å²) in [6.07, 6.45) is 87.2. The van der Waals surface area contributed by atoms with Gasteiger partial charge in [-0.1, -0.05) is 355 Å². The van der Waals surface area contributed by atoms with Crippen molar-refractivity contribution in [2.75, 3.05) is 26.2 Å². The minimum absolute atomic E-state index is 1.37. The van der Waals surface area contributed by atoms with Crippen LogP contribution >= 0.6 is 0 Å². The molecular formula is C67H138N+. The molecular weight excluding hydrogens is 819 g/mol. The van der Waals surface area contributed by atoms with Crippen LogP contribution in [0, 0.1) is 0 Å². The van der Waals surface area contributed by atoms with Gasteiger partial charge in [0.1, 0.15) is 0 Å². The average Bonchev–Trinajstić information content (AvgIpc) is 3.35. The van der Waals surface area contributed by atoms with Crippen LogP contribution in [0.3, 0.4) is 0 Å². The molecule has 0 aromatic heterocycles. The maximum Gasteiger partial charge on any atom is 0.0786 e. The van der Waals surface area contributed by atoms with Crippen LogP contribution in [0.1, 0.15) is 407 Å². The molecule has 0 fully saturated rings. The molecule has 0 radical (unpaired) electrons. The van der Waals surface area contributed by atoms with Crippen LogP contribution in [0.15, 0.2) is 0 Å². The van der Waals surface area contributed by atoms with Crippen molar-refractivity contribution in [2.45, 2.75) is 407 Å². The van der Waals surface area contributed by atoms with Gasteiger partial charge in [-0.25, -0.2) is 0 Å². The van der Waals surface area contributed by atoms with Gasteiger partial charge >= 0.3 is 0 Å². The van der Waals surface area contributed by atoms with E-state index in [4.69, 9.17) is 0 Å². The molecule has 1 heteroatoms. The molecule has 1 nitrogen and oxygen atoms in total. The summed E-state index contributed by atoms with van der Waals surface area (Å²) in [5.74, 6) is 0. The highest BCUT2D eigenvalue weighted by Gasteiger charge is 2.26. The van der Waals surface area contributed by atoms with E-state index >= 15 is 0 Å². The van der Waals surface area contributed by atoms with E-state index in [-0.39, 0.29) is 0 Å². The van der Waals surface area contributed by atoms with Crippen LogP contribution in [-0.2, 0) is 0 Å². The molecule has 0 rings (SSSR count). The molecule has 0 aliphatic heterocycles. The third-order valence-electron chi connectivity index (χ3n) is 16.7. The number of quaternary nitrogens is 1. The van der Waals surface area contributed by atoms with E-state index in [1.54, 1.807) is 0 Å². The Morgan fingerprint density at radius 1 is 0.118 bits per heavy atom. The molecule has 0 aliphatic carbocycles. The van der Waals surface area contributed by atoms with E-state index in [0.717, 1.165) is 0 Å². The van der Waals surface area contributed by atoms with Crippen molar-refractivity contribution in [3.63, 3.8) is 0 Å². The average molecular weight is 958 g/mol. The monoisotopic (exact) mass is 957 g/mol. The Labute approximate surface area is 435 Å². The molecule has 0 N–H and O–H groups in total. The van der Waals surface area contributed by atoms with Gasteiger partial charge in [0.25, 0.3) is 0 Å². The highest BCUT2D eigenvalue weighted by atomic mass is 15.3. The second-order valence-corrected chi connectivity index (χ2v) is 23.7. The number of nitrogens with zero attached hydrogens (tertiary/aromatic N) is 1. The Balaban J connectivity index is 4.94. The van der Waals surface area contributed by atoms with Gasteiger partial charge in [-0.3, -0.25) is 0 Å². The lowest BCUT2D eigenvalue weighted by Gasteiger charge is -2.40. The second kappa shape index (κ2) is 61.3. The van der Waals surface area contributed by atoms with E-state index in [9.17, 15) is 0 Å². The quantitative estimate of drug-likeness (QED) is 0.0421. The van der Waals surface area contributed by atoms with E-state index in [1.165, 1.54) is 409 Å². The largest absolute Gasteiger partial charge is 0.324 e. The maximum atomic E-state index is 2.33. The number of hydrogen-bond donors (Lipinski definition) is 0. The van der Waals surface area contributed by atoms with Crippen molar-refractivity contribution in [3.8, 4) is 0 Å². The van der Waals surface area contributed by atoms with Gasteiger partial charge in [-0.15, -0.1) is 0 Å². The predicted octanol–water partition coefficient (Wildman–Crippen LogP) is 24.9. The van der Waals surface area contributed by atoms with Gasteiger partial charge in [0, 0.05) is 0 Å². The van der Waals surface area contributed by atoms with Crippen molar-refractivity contribution in [2.24, 2.45) is 0 Å². The molecule has 0 aromatic carbocycles. The summed E-state index contributed by atoms with van der Waals surface area (Å²) in [4.78, 5) is 0. The molecule has 0 unspecified atom stereocenters. The number of rotatable bonds is 63. The zero-order valence-electron chi connectivity index (χ0n) is 49.0. The minimum atomic E-state index is 1.37. The summed E-state index contributed by atoms with van der Waals surface area (Å²) in [7, 11) is 0. The molecule has 0 saturated carbocycles. The Bertz CT molecular complexity index is 765. The molecule has 0 aromatic rings. The molecule has 0 aliphatic rings. The van der Waals surface area contributed by atoms with E-state index < -0.39 is 0 Å². The van der Waals surface area contributed by atoms with Crippen LogP contribution in [-0.4, -0.2) is 30.7 Å². The Kier molecular flexibility index (Phi) is 61.2. The van der Waals surface area contributed by atoms with Gasteiger partial charge in [-0.05, 0) is 51.4 Å². The Morgan fingerprint density at radius 2 is 0.206 bits per heavy atom. The zero-order chi connectivity index (χ0) is 49.0. The molecule has 0 atom stereocenters. The fraction of sp³-hybridized carbons (Fsp3) is 1.00. The number of hydrogen-bond acceptors (Lipinski definition) is 0. The molecule has 0 heterocycles. The fourth-order valence-corrected chi connectivity index (χ4v) is 11.8. The topological polar surface area (TPSA) is 0 Å². The highest BCUT2D eigenvalue weighted by Crippen LogP contribution is 2.23. The molecule has 0 spiro atoms. The van der Waals surface area contributed by atoms with Crippen LogP contribution in [0.25, 0.3) is 0 Å². The normalized spacial score (nSPS) is 12.0. The van der Waals surface area contributed by atoms with Crippen LogP contribution < -0.4 is 0 Å². The van der Waals surface area contributed by atoms with Crippen molar-refractivity contribution in [1.82, 2.24) is 0 Å². The van der Waals surface area contributed by atoms with Gasteiger partial charge in [0.05, 0.1) is 26.2 Å². The highest BCUT2D eigenvalue weighted by molar-refractivity contribution is 4.58. The van der Waals surface area contributed by atoms with Gasteiger partial charge in [0.15, 0.2) is 0 Å². The van der Waals surface area contributed by atoms with Crippen molar-refractivity contribution < 1.29 is 4.48 Å². The predicted molar refractivity (Wildman–Crippen MR) is 315 cm³/mol. The first-order chi connectivity index (χ1) is 33.7. The first kappa shape index (κ1) is 68.0. The van der Waals surface area contributed by atoms with Gasteiger partial charge in [0.2, 0.25) is 0 Å². The molecule has 410 valence electrons. The standard InChI is InChI=1S/C67H138N/c1-5-9-13-17-21-25-29-33-37-41-45-49-53-57-61-65-68(64-60-56-52-48-44-40-36-32-28-24-20-16-12-8-4,66-62-58-54-50-46-42-38-34-30-26-22-18-14-10-6-2)67-63-59-55-51-47-43-39-35-31-27-23-19-15-11-7-3/h5-67H2,1-4H3/q+1. The van der Waals surface area contributed by atoms with Crippen molar-refractivity contribution in [1.29, 1.82) is 0 Å². The molecule has 0 bridgehead atoms. The van der Waals surface area contributed by atoms with Crippen LogP contribution in [0.4, 0.5) is 0 Å². The summed E-state index contributed by atoms with van der Waals surface area (Å²) in [5, 5.41) is 0. The lowest BCUT2D eigenvalue weighted by atomic mass is 10.0. The van der Waals surface area contributed by atoms with E-state index in [1.807, 2.05) is 0 Å². The maximum absolute atomic E-state index is 2.33. The second-order valence-electron chi connectivity index (χ2n) is 23.7. The minimum Gasteiger partial charge on any atom is -0.324 e. The Hall–Kier alpha value is -0.0400. The van der Waals surface area contributed by atoms with Gasteiger partial charge < -0.3 is 4.48 Å². The molecule has 68 heavy (non-hydrogen) atoms. The summed E-state index contributed by atoms with van der Waals surface area (Å²) in [5.41, 5.74) is 0. The first-order valence-electron chi connectivity index (χ1n) is 33.6. The van der Waals surface area contributed by atoms with Crippen LogP contribution in [0.2, 0.25) is 0 Å². The molecule has 0 saturated heterocycles. The number of unbranched alkanes of at least 4 members (excludes halogenated alkanes) is 55. The van der Waals surface area contributed by atoms with Crippen molar-refractivity contribution >= 4 is 0 Å². The summed E-state index contributed by atoms with van der Waals surface area (Å²) < 4.78 is 1.49. The summed E-state index contributed by atoms with van der Waals surface area (Å²) >= 11 is 0. The van der Waals surface area contributed by atoms with Crippen LogP contribution in [0.5, 0.6) is 0 Å². The van der Waals surface area contributed by atoms with Gasteiger partial charge in [-0.2, -0.15) is 0 Å². The first-order valence-corrected chi connectivity index (χ1v) is 33.6. The Morgan fingerprint density at radius 3 is 0.309 bits per heavy atom. The van der Waals surface area contributed by atoms with E-state index in [0.29, 0.717) is 0 Å². The molecule has 0 amide bonds. The smallest absolute Gasteiger partial charge is 0.0786 e. The summed E-state index contributed by atoms with van der Waals surface area (Å²) in [6.45, 7) is 15.3. The summed E-state index contributed by atoms with van der Waals surface area (Å²) in [6, 6.07) is 0. The lowest BCUT2D eigenvalue weighted by Crippen LogP contribution is -2.50. The third kappa shape index (κ3) is 55.3. The fourth-order valence-electron chi connectivity index (χ4n) is 11.8. The lowest BCUT2D eigenvalue weighted by molar-refractivity contribution is -0.929. The third-order valence-corrected chi connectivity index (χ3v) is 16.7. The zero-order valence-corrected chi connectivity index (χ0v) is 49.0.